The minimum atomic E-state index is -1.10. The van der Waals surface area contributed by atoms with E-state index in [2.05, 4.69) is 0 Å². The van der Waals surface area contributed by atoms with E-state index in [0.717, 1.165) is 6.42 Å². The molecule has 1 unspecified atom stereocenters. The number of aldehydes is 1. The normalized spacial score (nSPS) is 16.6. The number of carbonyl (C=O) groups is 1. The van der Waals surface area contributed by atoms with Crippen LogP contribution in [0.2, 0.25) is 0 Å². The van der Waals surface area contributed by atoms with Crippen LogP contribution in [0.1, 0.15) is 18.1 Å². The largest absolute Gasteiger partial charge is 0.490 e. The Balaban J connectivity index is 2.31. The molecule has 1 N–H and O–H groups in total. The summed E-state index contributed by atoms with van der Waals surface area (Å²) in [7, 11) is 0. The van der Waals surface area contributed by atoms with Crippen LogP contribution in [0.4, 0.5) is 0 Å². The zero-order valence-electron chi connectivity index (χ0n) is 8.18. The molecule has 1 atom stereocenters. The standard InChI is InChI=1S/C11H12O4/c12-7-9(13)8-2-3-10-11(6-8)15-5-1-4-14-10/h2-3,6-7,9,13H,1,4-5H2. The van der Waals surface area contributed by atoms with E-state index in [-0.39, 0.29) is 0 Å². The third-order valence-corrected chi connectivity index (χ3v) is 2.24. The van der Waals surface area contributed by atoms with Gasteiger partial charge in [-0.25, -0.2) is 0 Å². The van der Waals surface area contributed by atoms with E-state index in [1.54, 1.807) is 18.2 Å². The Morgan fingerprint density at radius 3 is 2.73 bits per heavy atom. The molecule has 15 heavy (non-hydrogen) atoms. The molecule has 4 nitrogen and oxygen atoms in total. The van der Waals surface area contributed by atoms with Gasteiger partial charge in [-0.05, 0) is 17.7 Å². The number of aliphatic hydroxyl groups excluding tert-OH is 1. The van der Waals surface area contributed by atoms with Crippen LogP contribution < -0.4 is 9.47 Å². The van der Waals surface area contributed by atoms with Crippen molar-refractivity contribution in [2.75, 3.05) is 13.2 Å². The number of hydrogen-bond donors (Lipinski definition) is 1. The number of benzene rings is 1. The smallest absolute Gasteiger partial charge is 0.161 e. The van der Waals surface area contributed by atoms with Crippen LogP contribution in [0.3, 0.4) is 0 Å². The molecule has 1 aromatic rings. The molecule has 1 aromatic carbocycles. The van der Waals surface area contributed by atoms with Crippen LogP contribution in [0.15, 0.2) is 18.2 Å². The molecular weight excluding hydrogens is 196 g/mol. The van der Waals surface area contributed by atoms with Crippen molar-refractivity contribution in [2.45, 2.75) is 12.5 Å². The van der Waals surface area contributed by atoms with Gasteiger partial charge in [0.1, 0.15) is 6.10 Å². The number of fused-ring (bicyclic) bond motifs is 1. The lowest BCUT2D eigenvalue weighted by Crippen LogP contribution is -1.99. The molecule has 0 saturated heterocycles. The molecule has 1 aliphatic rings. The van der Waals surface area contributed by atoms with Crippen LogP contribution in [0.5, 0.6) is 11.5 Å². The van der Waals surface area contributed by atoms with Gasteiger partial charge in [-0.1, -0.05) is 6.07 Å². The number of carbonyl (C=O) groups excluding carboxylic acids is 1. The van der Waals surface area contributed by atoms with Gasteiger partial charge in [0.25, 0.3) is 0 Å². The van der Waals surface area contributed by atoms with Crippen LogP contribution in [0.25, 0.3) is 0 Å². The van der Waals surface area contributed by atoms with Crippen LogP contribution in [-0.2, 0) is 4.79 Å². The molecule has 2 rings (SSSR count). The van der Waals surface area contributed by atoms with Gasteiger partial charge in [-0.15, -0.1) is 0 Å². The maximum atomic E-state index is 10.4. The molecule has 80 valence electrons. The first-order valence-corrected chi connectivity index (χ1v) is 4.84. The fourth-order valence-corrected chi connectivity index (χ4v) is 1.44. The second-order valence-electron chi connectivity index (χ2n) is 3.34. The van der Waals surface area contributed by atoms with Crippen molar-refractivity contribution in [3.8, 4) is 11.5 Å². The summed E-state index contributed by atoms with van der Waals surface area (Å²) in [5.74, 6) is 1.25. The average Bonchev–Trinajstić information content (AvgIpc) is 2.51. The highest BCUT2D eigenvalue weighted by Gasteiger charge is 2.13. The highest BCUT2D eigenvalue weighted by molar-refractivity contribution is 5.61. The summed E-state index contributed by atoms with van der Waals surface area (Å²) in [6, 6.07) is 5.01. The second kappa shape index (κ2) is 4.31. The molecule has 0 aromatic heterocycles. The van der Waals surface area contributed by atoms with Gasteiger partial charge in [0.15, 0.2) is 17.8 Å². The van der Waals surface area contributed by atoms with Gasteiger partial charge in [0.05, 0.1) is 13.2 Å². The van der Waals surface area contributed by atoms with E-state index in [0.29, 0.717) is 36.6 Å². The summed E-state index contributed by atoms with van der Waals surface area (Å²) in [6.45, 7) is 1.22. The fourth-order valence-electron chi connectivity index (χ4n) is 1.44. The monoisotopic (exact) mass is 208 g/mol. The van der Waals surface area contributed by atoms with E-state index in [1.165, 1.54) is 0 Å². The Hall–Kier alpha value is -1.55. The number of aliphatic hydroxyl groups is 1. The van der Waals surface area contributed by atoms with Crippen LogP contribution in [-0.4, -0.2) is 24.6 Å². The second-order valence-corrected chi connectivity index (χ2v) is 3.34. The Morgan fingerprint density at radius 1 is 1.27 bits per heavy atom. The molecular formula is C11H12O4. The minimum Gasteiger partial charge on any atom is -0.490 e. The van der Waals surface area contributed by atoms with Crippen LogP contribution >= 0.6 is 0 Å². The molecule has 0 radical (unpaired) electrons. The molecule has 1 aliphatic heterocycles. The Kier molecular flexibility index (Phi) is 2.87. The van der Waals surface area contributed by atoms with Crippen molar-refractivity contribution in [2.24, 2.45) is 0 Å². The van der Waals surface area contributed by atoms with Gasteiger partial charge in [0.2, 0.25) is 0 Å². The predicted molar refractivity (Wildman–Crippen MR) is 53.1 cm³/mol. The minimum absolute atomic E-state index is 0.485. The Morgan fingerprint density at radius 2 is 2.00 bits per heavy atom. The SMILES string of the molecule is O=CC(O)c1ccc2c(c1)OCCCO2. The van der Waals surface area contributed by atoms with E-state index in [4.69, 9.17) is 9.47 Å². The lowest BCUT2D eigenvalue weighted by Gasteiger charge is -2.10. The van der Waals surface area contributed by atoms with E-state index in [1.807, 2.05) is 0 Å². The summed E-state index contributed by atoms with van der Waals surface area (Å²) >= 11 is 0. The van der Waals surface area contributed by atoms with Gasteiger partial charge >= 0.3 is 0 Å². The van der Waals surface area contributed by atoms with Crippen molar-refractivity contribution in [3.05, 3.63) is 23.8 Å². The fraction of sp³-hybridized carbons (Fsp3) is 0.364. The quantitative estimate of drug-likeness (QED) is 0.739. The summed E-state index contributed by atoms with van der Waals surface area (Å²) in [6.07, 6.45) is 0.224. The first-order valence-electron chi connectivity index (χ1n) is 4.84. The van der Waals surface area contributed by atoms with Crippen molar-refractivity contribution in [1.82, 2.24) is 0 Å². The molecule has 1 heterocycles. The van der Waals surface area contributed by atoms with E-state index >= 15 is 0 Å². The van der Waals surface area contributed by atoms with Crippen molar-refractivity contribution in [3.63, 3.8) is 0 Å². The molecule has 4 heteroatoms. The molecule has 0 amide bonds. The topological polar surface area (TPSA) is 55.8 Å². The maximum absolute atomic E-state index is 10.4. The van der Waals surface area contributed by atoms with Gasteiger partial charge in [-0.2, -0.15) is 0 Å². The number of ether oxygens (including phenoxy) is 2. The predicted octanol–water partition coefficient (Wildman–Crippen LogP) is 1.08. The zero-order valence-corrected chi connectivity index (χ0v) is 8.18. The molecule has 0 bridgehead atoms. The Labute approximate surface area is 87.4 Å². The first kappa shape index (κ1) is 9.98. The summed E-state index contributed by atoms with van der Waals surface area (Å²) in [5, 5.41) is 9.34. The highest BCUT2D eigenvalue weighted by Crippen LogP contribution is 2.31. The average molecular weight is 208 g/mol. The molecule has 0 aliphatic carbocycles. The lowest BCUT2D eigenvalue weighted by atomic mass is 10.1. The molecule has 0 saturated carbocycles. The molecule has 0 spiro atoms. The summed E-state index contributed by atoms with van der Waals surface area (Å²) < 4.78 is 10.9. The van der Waals surface area contributed by atoms with E-state index < -0.39 is 6.10 Å². The highest BCUT2D eigenvalue weighted by atomic mass is 16.5. The van der Waals surface area contributed by atoms with E-state index in [9.17, 15) is 9.90 Å². The van der Waals surface area contributed by atoms with Gasteiger partial charge in [0, 0.05) is 6.42 Å². The maximum Gasteiger partial charge on any atom is 0.161 e. The summed E-state index contributed by atoms with van der Waals surface area (Å²) in [4.78, 5) is 10.4. The third-order valence-electron chi connectivity index (χ3n) is 2.24. The number of rotatable bonds is 2. The van der Waals surface area contributed by atoms with Crippen molar-refractivity contribution < 1.29 is 19.4 Å². The van der Waals surface area contributed by atoms with Crippen molar-refractivity contribution in [1.29, 1.82) is 0 Å². The third kappa shape index (κ3) is 2.10. The Bertz CT molecular complexity index is 362. The summed E-state index contributed by atoms with van der Waals surface area (Å²) in [5.41, 5.74) is 0.522. The van der Waals surface area contributed by atoms with Crippen LogP contribution in [0, 0.1) is 0 Å². The number of hydrogen-bond acceptors (Lipinski definition) is 4. The zero-order chi connectivity index (χ0) is 10.7. The van der Waals surface area contributed by atoms with Gasteiger partial charge < -0.3 is 19.4 Å². The van der Waals surface area contributed by atoms with Gasteiger partial charge in [-0.3, -0.25) is 0 Å². The molecule has 0 fully saturated rings. The lowest BCUT2D eigenvalue weighted by molar-refractivity contribution is -0.115. The van der Waals surface area contributed by atoms with Crippen molar-refractivity contribution >= 4 is 6.29 Å². The first-order chi connectivity index (χ1) is 7.31.